The van der Waals surface area contributed by atoms with Gasteiger partial charge in [-0.05, 0) is 42.8 Å². The van der Waals surface area contributed by atoms with Gasteiger partial charge in [0, 0.05) is 11.8 Å². The normalized spacial score (nSPS) is 10.6. The van der Waals surface area contributed by atoms with Crippen LogP contribution in [0.1, 0.15) is 22.8 Å². The van der Waals surface area contributed by atoms with E-state index in [1.807, 2.05) is 13.0 Å². The number of carbonyl (C=O) groups is 2. The lowest BCUT2D eigenvalue weighted by Gasteiger charge is -2.07. The number of rotatable bonds is 6. The Morgan fingerprint density at radius 1 is 1.19 bits per heavy atom. The molecular weight excluding hydrogens is 332 g/mol. The molecule has 2 aromatic rings. The summed E-state index contributed by atoms with van der Waals surface area (Å²) in [4.78, 5) is 23.7. The number of esters is 1. The molecule has 0 spiro atoms. The van der Waals surface area contributed by atoms with Crippen LogP contribution >= 0.6 is 0 Å². The fraction of sp³-hybridized carbons (Fsp3) is 0.150. The fourth-order valence-corrected chi connectivity index (χ4v) is 2.18. The highest BCUT2D eigenvalue weighted by molar-refractivity contribution is 6.09. The van der Waals surface area contributed by atoms with Crippen molar-refractivity contribution in [3.05, 3.63) is 65.2 Å². The SMILES string of the molecule is CCOc1cccc(NC(=O)C(C#N)=Cc2ccc(C(=O)OC)cc2)c1. The number of hydrogen-bond donors (Lipinski definition) is 1. The van der Waals surface area contributed by atoms with E-state index in [0.717, 1.165) is 0 Å². The summed E-state index contributed by atoms with van der Waals surface area (Å²) in [6.07, 6.45) is 1.45. The molecule has 2 rings (SSSR count). The van der Waals surface area contributed by atoms with E-state index in [9.17, 15) is 14.9 Å². The van der Waals surface area contributed by atoms with Crippen LogP contribution in [0.4, 0.5) is 5.69 Å². The minimum atomic E-state index is -0.529. The third-order valence-electron chi connectivity index (χ3n) is 3.41. The van der Waals surface area contributed by atoms with E-state index in [0.29, 0.717) is 29.2 Å². The molecule has 0 atom stereocenters. The second kappa shape index (κ2) is 9.04. The molecular formula is C20H18N2O4. The first kappa shape index (κ1) is 18.7. The zero-order valence-corrected chi connectivity index (χ0v) is 14.5. The zero-order chi connectivity index (χ0) is 18.9. The second-order valence-electron chi connectivity index (χ2n) is 5.20. The monoisotopic (exact) mass is 350 g/mol. The van der Waals surface area contributed by atoms with Gasteiger partial charge in [-0.3, -0.25) is 4.79 Å². The van der Waals surface area contributed by atoms with Crippen LogP contribution in [-0.2, 0) is 9.53 Å². The lowest BCUT2D eigenvalue weighted by atomic mass is 10.1. The van der Waals surface area contributed by atoms with Crippen molar-refractivity contribution >= 4 is 23.6 Å². The predicted molar refractivity (Wildman–Crippen MR) is 97.6 cm³/mol. The number of hydrogen-bond acceptors (Lipinski definition) is 5. The molecule has 6 heteroatoms. The average molecular weight is 350 g/mol. The van der Waals surface area contributed by atoms with E-state index >= 15 is 0 Å². The highest BCUT2D eigenvalue weighted by atomic mass is 16.5. The van der Waals surface area contributed by atoms with Crippen molar-refractivity contribution in [3.8, 4) is 11.8 Å². The van der Waals surface area contributed by atoms with Gasteiger partial charge < -0.3 is 14.8 Å². The summed E-state index contributed by atoms with van der Waals surface area (Å²) in [5.74, 6) is -0.350. The van der Waals surface area contributed by atoms with Crippen molar-refractivity contribution in [2.45, 2.75) is 6.92 Å². The molecule has 0 radical (unpaired) electrons. The van der Waals surface area contributed by atoms with Crippen LogP contribution in [0.15, 0.2) is 54.1 Å². The van der Waals surface area contributed by atoms with Crippen LogP contribution in [0, 0.1) is 11.3 Å². The minimum Gasteiger partial charge on any atom is -0.494 e. The Balaban J connectivity index is 2.15. The van der Waals surface area contributed by atoms with Gasteiger partial charge in [-0.15, -0.1) is 0 Å². The number of nitriles is 1. The van der Waals surface area contributed by atoms with Crippen LogP contribution in [-0.4, -0.2) is 25.6 Å². The number of anilines is 1. The number of methoxy groups -OCH3 is 1. The Hall–Kier alpha value is -3.59. The van der Waals surface area contributed by atoms with Gasteiger partial charge in [-0.2, -0.15) is 5.26 Å². The summed E-state index contributed by atoms with van der Waals surface area (Å²) in [6.45, 7) is 2.38. The van der Waals surface area contributed by atoms with Crippen LogP contribution in [0.25, 0.3) is 6.08 Å². The maximum atomic E-state index is 12.3. The summed E-state index contributed by atoms with van der Waals surface area (Å²) < 4.78 is 10.0. The van der Waals surface area contributed by atoms with Gasteiger partial charge in [0.25, 0.3) is 5.91 Å². The number of nitrogens with zero attached hydrogens (tertiary/aromatic N) is 1. The first-order chi connectivity index (χ1) is 12.6. The van der Waals surface area contributed by atoms with Crippen molar-refractivity contribution in [2.24, 2.45) is 0 Å². The van der Waals surface area contributed by atoms with Crippen LogP contribution in [0.3, 0.4) is 0 Å². The van der Waals surface area contributed by atoms with E-state index in [2.05, 4.69) is 10.1 Å². The second-order valence-corrected chi connectivity index (χ2v) is 5.20. The third kappa shape index (κ3) is 4.95. The smallest absolute Gasteiger partial charge is 0.337 e. The summed E-state index contributed by atoms with van der Waals surface area (Å²) in [5.41, 5.74) is 1.48. The van der Waals surface area contributed by atoms with Gasteiger partial charge in [0.05, 0.1) is 19.3 Å². The van der Waals surface area contributed by atoms with Crippen molar-refractivity contribution in [2.75, 3.05) is 19.0 Å². The topological polar surface area (TPSA) is 88.4 Å². The molecule has 1 amide bonds. The Morgan fingerprint density at radius 2 is 1.92 bits per heavy atom. The molecule has 0 saturated heterocycles. The number of ether oxygens (including phenoxy) is 2. The molecule has 132 valence electrons. The molecule has 1 N–H and O–H groups in total. The Morgan fingerprint density at radius 3 is 2.54 bits per heavy atom. The molecule has 0 saturated carbocycles. The molecule has 6 nitrogen and oxygen atoms in total. The molecule has 26 heavy (non-hydrogen) atoms. The third-order valence-corrected chi connectivity index (χ3v) is 3.41. The molecule has 0 fully saturated rings. The quantitative estimate of drug-likeness (QED) is 0.490. The Labute approximate surface area is 151 Å². The highest BCUT2D eigenvalue weighted by Gasteiger charge is 2.11. The zero-order valence-electron chi connectivity index (χ0n) is 14.5. The number of carbonyl (C=O) groups excluding carboxylic acids is 2. The molecule has 0 heterocycles. The minimum absolute atomic E-state index is 0.0577. The number of amides is 1. The molecule has 0 bridgehead atoms. The molecule has 0 aliphatic heterocycles. The molecule has 2 aromatic carbocycles. The Kier molecular flexibility index (Phi) is 6.52. The van der Waals surface area contributed by atoms with Gasteiger partial charge in [0.2, 0.25) is 0 Å². The fourth-order valence-electron chi connectivity index (χ4n) is 2.18. The predicted octanol–water partition coefficient (Wildman–Crippen LogP) is 3.42. The van der Waals surface area contributed by atoms with E-state index in [1.165, 1.54) is 13.2 Å². The lowest BCUT2D eigenvalue weighted by Crippen LogP contribution is -2.13. The Bertz CT molecular complexity index is 864. The first-order valence-electron chi connectivity index (χ1n) is 7.91. The first-order valence-corrected chi connectivity index (χ1v) is 7.91. The van der Waals surface area contributed by atoms with E-state index in [1.54, 1.807) is 48.5 Å². The molecule has 0 unspecified atom stereocenters. The van der Waals surface area contributed by atoms with Crippen LogP contribution in [0.2, 0.25) is 0 Å². The van der Waals surface area contributed by atoms with Gasteiger partial charge in [0.15, 0.2) is 0 Å². The van der Waals surface area contributed by atoms with E-state index in [4.69, 9.17) is 4.74 Å². The number of benzene rings is 2. The van der Waals surface area contributed by atoms with Gasteiger partial charge in [0.1, 0.15) is 17.4 Å². The lowest BCUT2D eigenvalue weighted by molar-refractivity contribution is -0.112. The van der Waals surface area contributed by atoms with E-state index < -0.39 is 11.9 Å². The van der Waals surface area contributed by atoms with Crippen molar-refractivity contribution in [1.29, 1.82) is 5.26 Å². The van der Waals surface area contributed by atoms with Crippen molar-refractivity contribution < 1.29 is 19.1 Å². The standard InChI is InChI=1S/C20H18N2O4/c1-3-26-18-6-4-5-17(12-18)22-19(23)16(13-21)11-14-7-9-15(10-8-14)20(24)25-2/h4-12H,3H2,1-2H3,(H,22,23). The van der Waals surface area contributed by atoms with E-state index in [-0.39, 0.29) is 5.57 Å². The summed E-state index contributed by atoms with van der Waals surface area (Å²) >= 11 is 0. The maximum Gasteiger partial charge on any atom is 0.337 e. The van der Waals surface area contributed by atoms with Crippen LogP contribution < -0.4 is 10.1 Å². The van der Waals surface area contributed by atoms with Gasteiger partial charge in [-0.1, -0.05) is 18.2 Å². The van der Waals surface area contributed by atoms with Crippen LogP contribution in [0.5, 0.6) is 5.75 Å². The van der Waals surface area contributed by atoms with Crippen molar-refractivity contribution in [3.63, 3.8) is 0 Å². The molecule has 0 aliphatic carbocycles. The maximum absolute atomic E-state index is 12.3. The number of nitrogens with one attached hydrogen (secondary N) is 1. The highest BCUT2D eigenvalue weighted by Crippen LogP contribution is 2.18. The van der Waals surface area contributed by atoms with Gasteiger partial charge in [-0.25, -0.2) is 4.79 Å². The molecule has 0 aromatic heterocycles. The largest absolute Gasteiger partial charge is 0.494 e. The summed E-state index contributed by atoms with van der Waals surface area (Å²) in [7, 11) is 1.30. The van der Waals surface area contributed by atoms with Gasteiger partial charge >= 0.3 is 5.97 Å². The van der Waals surface area contributed by atoms with Crippen molar-refractivity contribution in [1.82, 2.24) is 0 Å². The summed E-state index contributed by atoms with van der Waals surface area (Å²) in [6, 6.07) is 15.2. The summed E-state index contributed by atoms with van der Waals surface area (Å²) in [5, 5.41) is 11.9. The average Bonchev–Trinajstić information content (AvgIpc) is 2.66. The molecule has 0 aliphatic rings.